The Balaban J connectivity index is 1.28. The molecule has 4 unspecified atom stereocenters. The fraction of sp³-hybridized carbons (Fsp3) is 0.600. The molecule has 5 rings (SSSR count). The summed E-state index contributed by atoms with van der Waals surface area (Å²) in [5, 5.41) is 16.8. The molecule has 4 heterocycles. The molecule has 1 aliphatic carbocycles. The topological polar surface area (TPSA) is 128 Å². The summed E-state index contributed by atoms with van der Waals surface area (Å²) >= 11 is 3.09. The lowest BCUT2D eigenvalue weighted by Crippen LogP contribution is -2.49. The van der Waals surface area contributed by atoms with Gasteiger partial charge < -0.3 is 25.6 Å². The molecule has 4 atom stereocenters. The third-order valence-electron chi connectivity index (χ3n) is 5.87. The summed E-state index contributed by atoms with van der Waals surface area (Å²) in [6.45, 7) is 3.22. The summed E-state index contributed by atoms with van der Waals surface area (Å²) in [5.74, 6) is 2.89. The second-order valence-corrected chi connectivity index (χ2v) is 10.3. The fourth-order valence-corrected chi connectivity index (χ4v) is 5.84. The van der Waals surface area contributed by atoms with Gasteiger partial charge in [0.1, 0.15) is 22.1 Å². The van der Waals surface area contributed by atoms with Crippen LogP contribution in [0.25, 0.3) is 0 Å². The molecule has 4 N–H and O–H groups in total. The van der Waals surface area contributed by atoms with Crippen molar-refractivity contribution in [2.75, 3.05) is 24.3 Å². The summed E-state index contributed by atoms with van der Waals surface area (Å²) in [5.41, 5.74) is 5.91. The largest absolute Gasteiger partial charge is 0.476 e. The summed E-state index contributed by atoms with van der Waals surface area (Å²) in [4.78, 5) is 18.0. The van der Waals surface area contributed by atoms with Crippen LogP contribution in [0.2, 0.25) is 0 Å². The number of hydrogen-bond donors (Lipinski definition) is 3. The molecule has 2 fully saturated rings. The monoisotopic (exact) mass is 462 g/mol. The number of anilines is 1. The number of amidine groups is 1. The summed E-state index contributed by atoms with van der Waals surface area (Å²) < 4.78 is 11.6. The van der Waals surface area contributed by atoms with Gasteiger partial charge in [0.2, 0.25) is 5.88 Å². The normalized spacial score (nSPS) is 29.0. The second kappa shape index (κ2) is 8.53. The molecular formula is C20H26N6O3S2. The summed E-state index contributed by atoms with van der Waals surface area (Å²) in [7, 11) is 0. The van der Waals surface area contributed by atoms with Crippen LogP contribution in [-0.4, -0.2) is 50.3 Å². The highest BCUT2D eigenvalue weighted by Gasteiger charge is 2.49. The Labute approximate surface area is 188 Å². The Morgan fingerprint density at radius 2 is 2.26 bits per heavy atom. The van der Waals surface area contributed by atoms with E-state index in [-0.39, 0.29) is 6.10 Å². The van der Waals surface area contributed by atoms with Crippen LogP contribution in [0.5, 0.6) is 5.88 Å². The summed E-state index contributed by atoms with van der Waals surface area (Å²) in [6.07, 6.45) is 5.56. The summed E-state index contributed by atoms with van der Waals surface area (Å²) in [6, 6.07) is 0. The maximum Gasteiger partial charge on any atom is 0.232 e. The number of aliphatic hydroxyl groups excluding tert-OH is 1. The first-order valence-corrected chi connectivity index (χ1v) is 12.3. The van der Waals surface area contributed by atoms with Crippen LogP contribution >= 0.6 is 23.1 Å². The van der Waals surface area contributed by atoms with Gasteiger partial charge in [0.15, 0.2) is 11.4 Å². The number of hydrogen-bond acceptors (Lipinski definition) is 11. The molecule has 1 saturated heterocycles. The van der Waals surface area contributed by atoms with Gasteiger partial charge in [-0.25, -0.2) is 19.9 Å². The quantitative estimate of drug-likeness (QED) is 0.532. The van der Waals surface area contributed by atoms with Crippen LogP contribution in [0.1, 0.15) is 43.1 Å². The van der Waals surface area contributed by atoms with Crippen LogP contribution in [0.4, 0.5) is 5.82 Å². The molecule has 9 nitrogen and oxygen atoms in total. The van der Waals surface area contributed by atoms with Crippen LogP contribution in [-0.2, 0) is 10.3 Å². The van der Waals surface area contributed by atoms with E-state index in [0.29, 0.717) is 47.6 Å². The van der Waals surface area contributed by atoms with E-state index in [1.165, 1.54) is 36.6 Å². The van der Waals surface area contributed by atoms with Gasteiger partial charge in [0, 0.05) is 17.1 Å². The van der Waals surface area contributed by atoms with Gasteiger partial charge >= 0.3 is 0 Å². The van der Waals surface area contributed by atoms with Crippen LogP contribution in [0, 0.1) is 11.8 Å². The minimum atomic E-state index is -1.04. The second-order valence-electron chi connectivity index (χ2n) is 8.36. The number of aliphatic hydroxyl groups is 1. The van der Waals surface area contributed by atoms with Crippen molar-refractivity contribution in [3.8, 4) is 5.88 Å². The Morgan fingerprint density at radius 3 is 3.03 bits per heavy atom. The van der Waals surface area contributed by atoms with Crippen molar-refractivity contribution in [3.05, 3.63) is 28.5 Å². The van der Waals surface area contributed by atoms with Gasteiger partial charge in [0.25, 0.3) is 0 Å². The average Bonchev–Trinajstić information content (AvgIpc) is 3.49. The molecule has 2 aromatic heterocycles. The molecule has 3 aliphatic rings. The van der Waals surface area contributed by atoms with Crippen molar-refractivity contribution in [2.24, 2.45) is 22.6 Å². The highest BCUT2D eigenvalue weighted by atomic mass is 32.2. The van der Waals surface area contributed by atoms with Crippen molar-refractivity contribution in [2.45, 2.75) is 44.1 Å². The predicted molar refractivity (Wildman–Crippen MR) is 120 cm³/mol. The number of fused-ring (bicyclic) bond motifs is 1. The predicted octanol–water partition coefficient (Wildman–Crippen LogP) is 2.51. The minimum absolute atomic E-state index is 0.197. The van der Waals surface area contributed by atoms with Gasteiger partial charge in [-0.2, -0.15) is 0 Å². The number of rotatable bonds is 7. The Hall–Kier alpha value is -1.95. The standard InChI is InChI=1S/C20H26N6O3S2/c1-11-4-13-8-31-19(21)26-20(13,10-29-11)18-25-15(9-30-18)24-17(27)14-5-23-16(6-22-14)28-7-12-2-3-12/h5-6,9,11-13,17,24,27H,2-4,7-8,10H2,1H3,(H2,21,26). The highest BCUT2D eigenvalue weighted by Crippen LogP contribution is 2.47. The van der Waals surface area contributed by atoms with E-state index in [0.717, 1.165) is 17.2 Å². The van der Waals surface area contributed by atoms with Crippen molar-refractivity contribution in [1.29, 1.82) is 0 Å². The Bertz CT molecular complexity index is 951. The zero-order chi connectivity index (χ0) is 21.4. The minimum Gasteiger partial charge on any atom is -0.476 e. The van der Waals surface area contributed by atoms with E-state index in [9.17, 15) is 5.11 Å². The average molecular weight is 463 g/mol. The van der Waals surface area contributed by atoms with Crippen molar-refractivity contribution < 1.29 is 14.6 Å². The number of thiazole rings is 1. The molecule has 0 spiro atoms. The van der Waals surface area contributed by atoms with Gasteiger partial charge in [-0.15, -0.1) is 11.3 Å². The molecule has 0 amide bonds. The highest BCUT2D eigenvalue weighted by molar-refractivity contribution is 8.13. The van der Waals surface area contributed by atoms with Crippen LogP contribution in [0.15, 0.2) is 22.8 Å². The third-order valence-corrected chi connectivity index (χ3v) is 7.84. The zero-order valence-electron chi connectivity index (χ0n) is 17.2. The van der Waals surface area contributed by atoms with Gasteiger partial charge in [-0.3, -0.25) is 0 Å². The molecule has 166 valence electrons. The lowest BCUT2D eigenvalue weighted by molar-refractivity contribution is -0.0466. The first kappa shape index (κ1) is 20.9. The van der Waals surface area contributed by atoms with Crippen molar-refractivity contribution in [1.82, 2.24) is 15.0 Å². The van der Waals surface area contributed by atoms with E-state index >= 15 is 0 Å². The molecule has 0 aromatic carbocycles. The number of nitrogens with zero attached hydrogens (tertiary/aromatic N) is 4. The number of aromatic nitrogens is 3. The molecule has 2 aliphatic heterocycles. The first-order chi connectivity index (χ1) is 15.0. The van der Waals surface area contributed by atoms with Crippen LogP contribution < -0.4 is 15.8 Å². The lowest BCUT2D eigenvalue weighted by atomic mass is 9.80. The number of nitrogens with two attached hydrogens (primary N) is 1. The van der Waals surface area contributed by atoms with Gasteiger partial charge in [-0.05, 0) is 32.1 Å². The van der Waals surface area contributed by atoms with E-state index in [1.54, 1.807) is 11.8 Å². The van der Waals surface area contributed by atoms with E-state index in [2.05, 4.69) is 22.2 Å². The van der Waals surface area contributed by atoms with Gasteiger partial charge in [0.05, 0.1) is 31.7 Å². The van der Waals surface area contributed by atoms with Crippen molar-refractivity contribution >= 4 is 34.1 Å². The Morgan fingerprint density at radius 1 is 1.39 bits per heavy atom. The van der Waals surface area contributed by atoms with E-state index in [1.807, 2.05) is 5.38 Å². The first-order valence-electron chi connectivity index (χ1n) is 10.5. The smallest absolute Gasteiger partial charge is 0.232 e. The maximum atomic E-state index is 10.6. The lowest BCUT2D eigenvalue weighted by Gasteiger charge is -2.44. The Kier molecular flexibility index (Phi) is 5.76. The van der Waals surface area contributed by atoms with E-state index in [4.69, 9.17) is 25.2 Å². The third kappa shape index (κ3) is 4.50. The molecular weight excluding hydrogens is 436 g/mol. The molecule has 11 heteroatoms. The van der Waals surface area contributed by atoms with E-state index < -0.39 is 11.8 Å². The number of aliphatic imine (C=N–C) groups is 1. The number of ether oxygens (including phenoxy) is 2. The van der Waals surface area contributed by atoms with Crippen LogP contribution in [0.3, 0.4) is 0 Å². The van der Waals surface area contributed by atoms with Crippen molar-refractivity contribution in [3.63, 3.8) is 0 Å². The zero-order valence-corrected chi connectivity index (χ0v) is 18.9. The fourth-order valence-electron chi connectivity index (χ4n) is 3.86. The maximum absolute atomic E-state index is 10.6. The molecule has 2 aromatic rings. The molecule has 31 heavy (non-hydrogen) atoms. The molecule has 0 radical (unpaired) electrons. The number of nitrogens with one attached hydrogen (secondary N) is 1. The number of thioether (sulfide) groups is 1. The molecule has 0 bridgehead atoms. The molecule has 1 saturated carbocycles. The SMILES string of the molecule is CC1CC2CSC(N)=NC2(c2nc(NC(O)c3cnc(OCC4CC4)cn3)cs2)CO1. The van der Waals surface area contributed by atoms with Gasteiger partial charge in [-0.1, -0.05) is 11.8 Å².